The number of halogens is 3. The lowest BCUT2D eigenvalue weighted by molar-refractivity contribution is -0.138. The first kappa shape index (κ1) is 37.7. The SMILES string of the molecule is CC(=O)Cc1cc(C(F)(F)F)cc(CC(=O)CCCCCC(C)=NC(=O)OC(C)(C)C)c1O[C@@H]1CCN(C(=O)OC(C)(C)C)C1. The fourth-order valence-corrected chi connectivity index (χ4v) is 4.76. The number of ether oxygens (including phenoxy) is 3. The molecule has 0 radical (unpaired) electrons. The normalized spacial score (nSPS) is 16.0. The van der Waals surface area contributed by atoms with Crippen LogP contribution in [-0.4, -0.2) is 64.8 Å². The number of carbonyl (C=O) groups is 4. The number of hydrogen-bond acceptors (Lipinski definition) is 7. The Balaban J connectivity index is 2.14. The van der Waals surface area contributed by atoms with Crippen molar-refractivity contribution in [3.05, 3.63) is 28.8 Å². The molecule has 1 saturated heterocycles. The lowest BCUT2D eigenvalue weighted by Crippen LogP contribution is -2.36. The number of nitrogens with zero attached hydrogens (tertiary/aromatic N) is 2. The summed E-state index contributed by atoms with van der Waals surface area (Å²) in [6.45, 7) is 14.0. The number of Topliss-reactive ketones (excluding diaryl/α,β-unsaturated/α-hetero) is 2. The minimum absolute atomic E-state index is 0.0515. The van der Waals surface area contributed by atoms with Crippen molar-refractivity contribution >= 4 is 29.5 Å². The molecule has 0 bridgehead atoms. The number of benzene rings is 1. The highest BCUT2D eigenvalue weighted by Crippen LogP contribution is 2.37. The number of hydrogen-bond donors (Lipinski definition) is 0. The maximum atomic E-state index is 13.8. The van der Waals surface area contributed by atoms with Crippen molar-refractivity contribution in [2.75, 3.05) is 13.1 Å². The summed E-state index contributed by atoms with van der Waals surface area (Å²) in [6.07, 6.45) is -4.13. The summed E-state index contributed by atoms with van der Waals surface area (Å²) in [5, 5.41) is 0. The van der Waals surface area contributed by atoms with Gasteiger partial charge in [0.05, 0.1) is 12.1 Å². The van der Waals surface area contributed by atoms with Gasteiger partial charge in [-0.3, -0.25) is 9.59 Å². The van der Waals surface area contributed by atoms with Crippen LogP contribution in [0.5, 0.6) is 5.75 Å². The van der Waals surface area contributed by atoms with E-state index in [1.807, 2.05) is 0 Å². The van der Waals surface area contributed by atoms with E-state index in [-0.39, 0.29) is 54.3 Å². The largest absolute Gasteiger partial charge is 0.488 e. The molecule has 0 spiro atoms. The van der Waals surface area contributed by atoms with Crippen LogP contribution >= 0.6 is 0 Å². The Morgan fingerprint density at radius 2 is 1.44 bits per heavy atom. The van der Waals surface area contributed by atoms with Gasteiger partial charge >= 0.3 is 18.4 Å². The summed E-state index contributed by atoms with van der Waals surface area (Å²) in [6, 6.07) is 1.81. The van der Waals surface area contributed by atoms with Gasteiger partial charge in [0.25, 0.3) is 0 Å². The molecule has 1 aromatic rings. The minimum atomic E-state index is -4.69. The first-order chi connectivity index (χ1) is 20.6. The van der Waals surface area contributed by atoms with Crippen LogP contribution in [0.2, 0.25) is 0 Å². The quantitative estimate of drug-likeness (QED) is 0.170. The number of alkyl halides is 3. The molecule has 252 valence electrons. The van der Waals surface area contributed by atoms with E-state index in [9.17, 15) is 32.3 Å². The molecule has 0 saturated carbocycles. The summed E-state index contributed by atoms with van der Waals surface area (Å²) in [5.74, 6) is -0.547. The van der Waals surface area contributed by atoms with Crippen LogP contribution in [0.15, 0.2) is 17.1 Å². The maximum absolute atomic E-state index is 13.8. The number of unbranched alkanes of at least 4 members (excludes halogenated alkanes) is 2. The second kappa shape index (κ2) is 15.7. The van der Waals surface area contributed by atoms with Crippen LogP contribution in [0.4, 0.5) is 22.8 Å². The summed E-state index contributed by atoms with van der Waals surface area (Å²) in [4.78, 5) is 54.8. The van der Waals surface area contributed by atoms with E-state index in [0.29, 0.717) is 44.4 Å². The molecule has 1 atom stereocenters. The van der Waals surface area contributed by atoms with Gasteiger partial charge in [-0.25, -0.2) is 9.59 Å². The van der Waals surface area contributed by atoms with E-state index < -0.39 is 41.2 Å². The Hall–Kier alpha value is -3.44. The number of rotatable bonds is 12. The smallest absolute Gasteiger partial charge is 0.434 e. The zero-order valence-corrected chi connectivity index (χ0v) is 27.7. The van der Waals surface area contributed by atoms with Crippen LogP contribution in [-0.2, 0) is 38.1 Å². The van der Waals surface area contributed by atoms with Gasteiger partial charge in [0.15, 0.2) is 0 Å². The van der Waals surface area contributed by atoms with Crippen molar-refractivity contribution in [2.45, 2.75) is 130 Å². The predicted octanol–water partition coefficient (Wildman–Crippen LogP) is 7.68. The second-order valence-corrected chi connectivity index (χ2v) is 13.6. The Morgan fingerprint density at radius 1 is 0.867 bits per heavy atom. The molecule has 2 amide bonds. The predicted molar refractivity (Wildman–Crippen MR) is 164 cm³/mol. The summed E-state index contributed by atoms with van der Waals surface area (Å²) >= 11 is 0. The van der Waals surface area contributed by atoms with Crippen molar-refractivity contribution in [3.8, 4) is 5.75 Å². The first-order valence-electron chi connectivity index (χ1n) is 15.3. The molecule has 1 aromatic carbocycles. The lowest BCUT2D eigenvalue weighted by Gasteiger charge is -2.25. The molecule has 45 heavy (non-hydrogen) atoms. The number of ketones is 2. The van der Waals surface area contributed by atoms with Gasteiger partial charge < -0.3 is 19.1 Å². The van der Waals surface area contributed by atoms with Crippen LogP contribution < -0.4 is 4.74 Å². The van der Waals surface area contributed by atoms with Gasteiger partial charge in [0.1, 0.15) is 34.6 Å². The van der Waals surface area contributed by atoms with Gasteiger partial charge in [-0.05, 0) is 86.8 Å². The third-order valence-corrected chi connectivity index (χ3v) is 6.65. The van der Waals surface area contributed by atoms with E-state index in [0.717, 1.165) is 12.1 Å². The van der Waals surface area contributed by atoms with Crippen LogP contribution in [0.25, 0.3) is 0 Å². The fraction of sp³-hybridized carbons (Fsp3) is 0.667. The lowest BCUT2D eigenvalue weighted by atomic mass is 9.95. The van der Waals surface area contributed by atoms with E-state index in [1.54, 1.807) is 48.5 Å². The highest BCUT2D eigenvalue weighted by atomic mass is 19.4. The number of amides is 2. The van der Waals surface area contributed by atoms with Crippen LogP contribution in [0, 0.1) is 0 Å². The molecule has 0 N–H and O–H groups in total. The standard InChI is InChI=1S/C33H47F3N2O7/c1-21(37-29(41)44-31(3,4)5)12-10-9-11-13-26(40)19-24-18-25(33(34,35)36)17-23(16-22(2)39)28(24)43-27-14-15-38(20-27)30(42)45-32(6,7)8/h17-18,27H,9-16,19-20H2,1-8H3/t27-/m1/s1. The summed E-state index contributed by atoms with van der Waals surface area (Å²) in [7, 11) is 0. The topological polar surface area (TPSA) is 112 Å². The Morgan fingerprint density at radius 3 is 2.00 bits per heavy atom. The molecule has 2 rings (SSSR count). The molecule has 1 heterocycles. The fourth-order valence-electron chi connectivity index (χ4n) is 4.76. The highest BCUT2D eigenvalue weighted by Gasteiger charge is 2.35. The van der Waals surface area contributed by atoms with Crippen molar-refractivity contribution in [1.29, 1.82) is 0 Å². The monoisotopic (exact) mass is 640 g/mol. The molecule has 1 aliphatic rings. The molecular formula is C33H47F3N2O7. The van der Waals surface area contributed by atoms with Gasteiger partial charge in [0.2, 0.25) is 0 Å². The average molecular weight is 641 g/mol. The molecule has 9 nitrogen and oxygen atoms in total. The molecule has 12 heteroatoms. The third kappa shape index (κ3) is 14.0. The Labute approximate surface area is 263 Å². The number of carbonyl (C=O) groups excluding carboxylic acids is 4. The molecule has 0 aromatic heterocycles. The zero-order valence-electron chi connectivity index (χ0n) is 27.7. The van der Waals surface area contributed by atoms with E-state index in [2.05, 4.69) is 4.99 Å². The Kier molecular flexibility index (Phi) is 13.2. The second-order valence-electron chi connectivity index (χ2n) is 13.6. The van der Waals surface area contributed by atoms with Gasteiger partial charge in [-0.2, -0.15) is 18.2 Å². The molecule has 1 fully saturated rings. The van der Waals surface area contributed by atoms with Crippen molar-refractivity contribution in [1.82, 2.24) is 4.90 Å². The molecule has 0 unspecified atom stereocenters. The van der Waals surface area contributed by atoms with Crippen LogP contribution in [0.3, 0.4) is 0 Å². The molecule has 1 aliphatic heterocycles. The molecule has 0 aliphatic carbocycles. The average Bonchev–Trinajstić information content (AvgIpc) is 3.31. The molecular weight excluding hydrogens is 593 g/mol. The van der Waals surface area contributed by atoms with Crippen molar-refractivity contribution in [3.63, 3.8) is 0 Å². The zero-order chi connectivity index (χ0) is 34.2. The van der Waals surface area contributed by atoms with Gasteiger partial charge in [-0.15, -0.1) is 0 Å². The van der Waals surface area contributed by atoms with E-state index in [1.165, 1.54) is 11.8 Å². The summed E-state index contributed by atoms with van der Waals surface area (Å²) < 4.78 is 58.3. The van der Waals surface area contributed by atoms with Gasteiger partial charge in [-0.1, -0.05) is 6.42 Å². The van der Waals surface area contributed by atoms with Gasteiger partial charge in [0, 0.05) is 49.1 Å². The summed E-state index contributed by atoms with van der Waals surface area (Å²) in [5.41, 5.74) is -1.58. The van der Waals surface area contributed by atoms with Crippen LogP contribution in [0.1, 0.15) is 111 Å². The number of likely N-dealkylation sites (tertiary alicyclic amines) is 1. The maximum Gasteiger partial charge on any atom is 0.434 e. The minimum Gasteiger partial charge on any atom is -0.488 e. The number of aliphatic imine (C=N–C) groups is 1. The van der Waals surface area contributed by atoms with E-state index in [4.69, 9.17) is 14.2 Å². The highest BCUT2D eigenvalue weighted by molar-refractivity contribution is 5.91. The third-order valence-electron chi connectivity index (χ3n) is 6.65. The van der Waals surface area contributed by atoms with Crippen molar-refractivity contribution in [2.24, 2.45) is 4.99 Å². The first-order valence-corrected chi connectivity index (χ1v) is 15.3. The van der Waals surface area contributed by atoms with E-state index >= 15 is 0 Å². The van der Waals surface area contributed by atoms with Crippen molar-refractivity contribution < 1.29 is 46.6 Å². The Bertz CT molecular complexity index is 1260.